The minimum atomic E-state index is -1.50. The number of benzene rings is 2. The maximum Gasteiger partial charge on any atom is 0.277 e. The SMILES string of the molecule is O=[N+]([O-])c1cc2c(I)[nH]nc2c(Br)c1C(O)c1cc(F)ccc1Cl. The number of aliphatic hydroxyl groups is 1. The lowest BCUT2D eigenvalue weighted by Gasteiger charge is -2.15. The van der Waals surface area contributed by atoms with Crippen molar-refractivity contribution in [3.63, 3.8) is 0 Å². The molecule has 2 N–H and O–H groups in total. The van der Waals surface area contributed by atoms with Gasteiger partial charge in [0.15, 0.2) is 0 Å². The molecule has 1 aromatic heterocycles. The fourth-order valence-electron chi connectivity index (χ4n) is 2.37. The van der Waals surface area contributed by atoms with Crippen molar-refractivity contribution in [2.75, 3.05) is 0 Å². The van der Waals surface area contributed by atoms with Crippen LogP contribution < -0.4 is 0 Å². The fraction of sp³-hybridized carbons (Fsp3) is 0.0714. The molecule has 0 bridgehead atoms. The van der Waals surface area contributed by atoms with Gasteiger partial charge >= 0.3 is 0 Å². The standard InChI is InChI=1S/C14H7BrClFIN3O3/c15-11-10(13(22)6-3-5(17)1-2-8(6)16)9(21(23)24)4-7-12(11)19-20-14(7)18/h1-4,13,22H,(H,19,20). The number of aliphatic hydroxyl groups excluding tert-OH is 1. The van der Waals surface area contributed by atoms with Crippen molar-refractivity contribution < 1.29 is 14.4 Å². The van der Waals surface area contributed by atoms with E-state index in [9.17, 15) is 19.6 Å². The van der Waals surface area contributed by atoms with Crippen molar-refractivity contribution >= 4 is 66.7 Å². The van der Waals surface area contributed by atoms with Crippen LogP contribution in [0.5, 0.6) is 0 Å². The van der Waals surface area contributed by atoms with Gasteiger partial charge < -0.3 is 5.11 Å². The number of hydrogen-bond donors (Lipinski definition) is 2. The van der Waals surface area contributed by atoms with Crippen LogP contribution in [-0.4, -0.2) is 20.2 Å². The topological polar surface area (TPSA) is 92.0 Å². The van der Waals surface area contributed by atoms with Crippen LogP contribution in [0, 0.1) is 19.6 Å². The first kappa shape index (κ1) is 17.5. The Morgan fingerprint density at radius 3 is 2.83 bits per heavy atom. The van der Waals surface area contributed by atoms with E-state index in [0.29, 0.717) is 14.6 Å². The number of rotatable bonds is 3. The molecule has 0 saturated heterocycles. The minimum absolute atomic E-state index is 0.0325. The lowest BCUT2D eigenvalue weighted by atomic mass is 9.98. The molecule has 0 amide bonds. The number of nitro benzene ring substituents is 1. The summed E-state index contributed by atoms with van der Waals surface area (Å²) in [6.45, 7) is 0. The molecule has 0 spiro atoms. The molecule has 0 fully saturated rings. The summed E-state index contributed by atoms with van der Waals surface area (Å²) in [5, 5.41) is 29.6. The maximum absolute atomic E-state index is 13.5. The van der Waals surface area contributed by atoms with E-state index < -0.39 is 16.8 Å². The molecular weight excluding hydrogens is 519 g/mol. The van der Waals surface area contributed by atoms with Crippen LogP contribution in [0.25, 0.3) is 10.9 Å². The normalized spacial score (nSPS) is 12.5. The van der Waals surface area contributed by atoms with Gasteiger partial charge in [0.1, 0.15) is 21.1 Å². The predicted octanol–water partition coefficient (Wildman–Crippen LogP) is 4.71. The molecule has 0 radical (unpaired) electrons. The summed E-state index contributed by atoms with van der Waals surface area (Å²) in [6.07, 6.45) is -1.50. The number of nitrogens with one attached hydrogen (secondary N) is 1. The van der Waals surface area contributed by atoms with E-state index in [4.69, 9.17) is 11.6 Å². The Labute approximate surface area is 161 Å². The Morgan fingerprint density at radius 2 is 2.17 bits per heavy atom. The summed E-state index contributed by atoms with van der Waals surface area (Å²) in [5.41, 5.74) is 0.0982. The Hall–Kier alpha value is -1.30. The number of fused-ring (bicyclic) bond motifs is 1. The van der Waals surface area contributed by atoms with Gasteiger partial charge in [-0.3, -0.25) is 15.2 Å². The number of halogens is 4. The molecule has 3 aromatic rings. The first-order valence-corrected chi connectivity index (χ1v) is 8.69. The Morgan fingerprint density at radius 1 is 1.46 bits per heavy atom. The second kappa shape index (κ2) is 6.54. The zero-order valence-electron chi connectivity index (χ0n) is 11.6. The average molecular weight is 526 g/mol. The molecule has 2 aromatic carbocycles. The third-order valence-corrected chi connectivity index (χ3v) is 5.45. The van der Waals surface area contributed by atoms with E-state index in [2.05, 4.69) is 26.1 Å². The molecule has 3 rings (SSSR count). The second-order valence-corrected chi connectivity index (χ2v) is 7.16. The van der Waals surface area contributed by atoms with Crippen molar-refractivity contribution in [1.82, 2.24) is 10.2 Å². The summed E-state index contributed by atoms with van der Waals surface area (Å²) in [4.78, 5) is 10.9. The van der Waals surface area contributed by atoms with Crippen molar-refractivity contribution in [2.24, 2.45) is 0 Å². The second-order valence-electron chi connectivity index (χ2n) is 4.88. The van der Waals surface area contributed by atoms with Gasteiger partial charge in [-0.25, -0.2) is 4.39 Å². The van der Waals surface area contributed by atoms with Crippen LogP contribution in [0.15, 0.2) is 28.7 Å². The third kappa shape index (κ3) is 2.89. The number of aromatic amines is 1. The summed E-state index contributed by atoms with van der Waals surface area (Å²) in [5.74, 6) is -0.609. The highest BCUT2D eigenvalue weighted by Gasteiger charge is 2.30. The van der Waals surface area contributed by atoms with Gasteiger partial charge in [-0.05, 0) is 56.7 Å². The fourth-order valence-corrected chi connectivity index (χ4v) is 3.85. The monoisotopic (exact) mass is 525 g/mol. The molecule has 1 unspecified atom stereocenters. The minimum Gasteiger partial charge on any atom is -0.383 e. The van der Waals surface area contributed by atoms with Crippen LogP contribution in [0.1, 0.15) is 17.2 Å². The quantitative estimate of drug-likeness (QED) is 0.294. The van der Waals surface area contributed by atoms with Gasteiger partial charge in [0, 0.05) is 22.0 Å². The van der Waals surface area contributed by atoms with Crippen molar-refractivity contribution in [1.29, 1.82) is 0 Å². The summed E-state index contributed by atoms with van der Waals surface area (Å²) < 4.78 is 14.4. The van der Waals surface area contributed by atoms with Crippen LogP contribution >= 0.6 is 50.1 Å². The van der Waals surface area contributed by atoms with Gasteiger partial charge in [-0.15, -0.1) is 0 Å². The van der Waals surface area contributed by atoms with E-state index in [1.54, 1.807) is 0 Å². The number of hydrogen-bond acceptors (Lipinski definition) is 4. The molecule has 0 saturated carbocycles. The number of H-pyrrole nitrogens is 1. The highest BCUT2D eigenvalue weighted by molar-refractivity contribution is 14.1. The Balaban J connectivity index is 2.31. The van der Waals surface area contributed by atoms with Crippen LogP contribution in [0.4, 0.5) is 10.1 Å². The predicted molar refractivity (Wildman–Crippen MR) is 98.6 cm³/mol. The Bertz CT molecular complexity index is 982. The van der Waals surface area contributed by atoms with E-state index in [-0.39, 0.29) is 26.3 Å². The zero-order valence-corrected chi connectivity index (χ0v) is 16.1. The largest absolute Gasteiger partial charge is 0.383 e. The molecule has 10 heteroatoms. The molecule has 0 aliphatic rings. The van der Waals surface area contributed by atoms with Crippen LogP contribution in [0.3, 0.4) is 0 Å². The lowest BCUT2D eigenvalue weighted by Crippen LogP contribution is -2.07. The van der Waals surface area contributed by atoms with Gasteiger partial charge in [-0.2, -0.15) is 5.10 Å². The molecule has 1 atom stereocenters. The summed E-state index contributed by atoms with van der Waals surface area (Å²) >= 11 is 11.2. The van der Waals surface area contributed by atoms with E-state index >= 15 is 0 Å². The zero-order chi connectivity index (χ0) is 17.6. The van der Waals surface area contributed by atoms with E-state index in [1.807, 2.05) is 22.6 Å². The highest BCUT2D eigenvalue weighted by atomic mass is 127. The smallest absolute Gasteiger partial charge is 0.277 e. The lowest BCUT2D eigenvalue weighted by molar-refractivity contribution is -0.386. The van der Waals surface area contributed by atoms with Crippen LogP contribution in [-0.2, 0) is 0 Å². The highest BCUT2D eigenvalue weighted by Crippen LogP contribution is 2.42. The number of nitrogens with zero attached hydrogens (tertiary/aromatic N) is 2. The van der Waals surface area contributed by atoms with Gasteiger partial charge in [0.05, 0.1) is 15.0 Å². The molecule has 124 valence electrons. The molecule has 1 heterocycles. The molecular formula is C14H7BrClFIN3O3. The van der Waals surface area contributed by atoms with Crippen molar-refractivity contribution in [3.8, 4) is 0 Å². The Kier molecular flexibility index (Phi) is 4.78. The van der Waals surface area contributed by atoms with Crippen LogP contribution in [0.2, 0.25) is 5.02 Å². The van der Waals surface area contributed by atoms with E-state index in [1.165, 1.54) is 12.1 Å². The van der Waals surface area contributed by atoms with E-state index in [0.717, 1.165) is 12.1 Å². The first-order valence-electron chi connectivity index (χ1n) is 6.44. The number of aromatic nitrogens is 2. The number of nitro groups is 1. The first-order chi connectivity index (χ1) is 11.3. The third-order valence-electron chi connectivity index (χ3n) is 3.48. The maximum atomic E-state index is 13.5. The molecule has 6 nitrogen and oxygen atoms in total. The van der Waals surface area contributed by atoms with Crippen molar-refractivity contribution in [2.45, 2.75) is 6.10 Å². The summed E-state index contributed by atoms with van der Waals surface area (Å²) in [7, 11) is 0. The summed E-state index contributed by atoms with van der Waals surface area (Å²) in [6, 6.07) is 4.78. The molecule has 24 heavy (non-hydrogen) atoms. The van der Waals surface area contributed by atoms with Gasteiger partial charge in [0.25, 0.3) is 5.69 Å². The van der Waals surface area contributed by atoms with Gasteiger partial charge in [-0.1, -0.05) is 11.6 Å². The van der Waals surface area contributed by atoms with Gasteiger partial charge in [0.2, 0.25) is 0 Å². The molecule has 0 aliphatic heterocycles. The average Bonchev–Trinajstić information content (AvgIpc) is 2.90. The van der Waals surface area contributed by atoms with Crippen molar-refractivity contribution in [3.05, 3.63) is 64.5 Å². The molecule has 0 aliphatic carbocycles.